The van der Waals surface area contributed by atoms with E-state index in [0.717, 1.165) is 10.0 Å². The van der Waals surface area contributed by atoms with Crippen LogP contribution in [0.4, 0.5) is 10.1 Å². The summed E-state index contributed by atoms with van der Waals surface area (Å²) in [4.78, 5) is 26.6. The summed E-state index contributed by atoms with van der Waals surface area (Å²) < 4.78 is 14.6. The van der Waals surface area contributed by atoms with Crippen molar-refractivity contribution in [2.45, 2.75) is 31.5 Å². The number of fused-ring (bicyclic) bond motifs is 1. The molecule has 1 aliphatic rings. The highest BCUT2D eigenvalue weighted by Gasteiger charge is 2.47. The van der Waals surface area contributed by atoms with Crippen LogP contribution in [0.15, 0.2) is 46.9 Å². The van der Waals surface area contributed by atoms with Crippen molar-refractivity contribution in [2.24, 2.45) is 0 Å². The third-order valence-electron chi connectivity index (χ3n) is 5.36. The van der Waals surface area contributed by atoms with Gasteiger partial charge in [-0.1, -0.05) is 28.1 Å². The molecule has 144 valence electrons. The molecular formula is C20H17BrFN3O3. The molecule has 1 fully saturated rings. The average molecular weight is 446 g/mol. The van der Waals surface area contributed by atoms with Gasteiger partial charge in [-0.2, -0.15) is 0 Å². The number of carbonyl (C=O) groups excluding carboxylic acids is 1. The van der Waals surface area contributed by atoms with E-state index in [2.05, 4.69) is 26.2 Å². The minimum absolute atomic E-state index is 0.00750. The summed E-state index contributed by atoms with van der Waals surface area (Å²) in [6.07, 6.45) is -0.535. The van der Waals surface area contributed by atoms with E-state index in [-0.39, 0.29) is 30.1 Å². The van der Waals surface area contributed by atoms with Crippen molar-refractivity contribution < 1.29 is 14.1 Å². The second-order valence-corrected chi connectivity index (χ2v) is 8.08. The Balaban J connectivity index is 1.66. The SMILES string of the molecule is Cc1c([N+](=O)[O-])ccc2cc(C(=O)NC3(c4ccc(Br)cc4)CC(F)C3)[nH]c12. The Kier molecular flexibility index (Phi) is 4.45. The molecule has 1 heterocycles. The molecule has 2 aromatic carbocycles. The third-order valence-corrected chi connectivity index (χ3v) is 5.89. The number of rotatable bonds is 4. The van der Waals surface area contributed by atoms with E-state index in [1.165, 1.54) is 6.07 Å². The van der Waals surface area contributed by atoms with Gasteiger partial charge in [0.1, 0.15) is 11.9 Å². The Hall–Kier alpha value is -2.74. The number of H-pyrrole nitrogens is 1. The first-order valence-corrected chi connectivity index (χ1v) is 9.58. The molecule has 8 heteroatoms. The van der Waals surface area contributed by atoms with Gasteiger partial charge >= 0.3 is 0 Å². The molecule has 1 amide bonds. The molecule has 1 aromatic heterocycles. The molecule has 0 aliphatic heterocycles. The van der Waals surface area contributed by atoms with Gasteiger partial charge in [0, 0.05) is 28.8 Å². The monoisotopic (exact) mass is 445 g/mol. The number of nitro benzene ring substituents is 1. The average Bonchev–Trinajstić information content (AvgIpc) is 3.06. The van der Waals surface area contributed by atoms with Crippen LogP contribution in [-0.4, -0.2) is 22.0 Å². The number of nitro groups is 1. The maximum Gasteiger partial charge on any atom is 0.274 e. The predicted molar refractivity (Wildman–Crippen MR) is 107 cm³/mol. The van der Waals surface area contributed by atoms with E-state index in [1.807, 2.05) is 24.3 Å². The lowest BCUT2D eigenvalue weighted by Crippen LogP contribution is -2.55. The van der Waals surface area contributed by atoms with Gasteiger partial charge in [0.05, 0.1) is 21.5 Å². The second-order valence-electron chi connectivity index (χ2n) is 7.16. The Morgan fingerprint density at radius 1 is 1.29 bits per heavy atom. The van der Waals surface area contributed by atoms with Crippen molar-refractivity contribution >= 4 is 38.4 Å². The molecule has 0 unspecified atom stereocenters. The van der Waals surface area contributed by atoms with Gasteiger partial charge in [-0.3, -0.25) is 14.9 Å². The van der Waals surface area contributed by atoms with Crippen LogP contribution >= 0.6 is 15.9 Å². The van der Waals surface area contributed by atoms with Crippen molar-refractivity contribution in [1.82, 2.24) is 10.3 Å². The van der Waals surface area contributed by atoms with Crippen LogP contribution in [0.25, 0.3) is 10.9 Å². The molecule has 0 radical (unpaired) electrons. The van der Waals surface area contributed by atoms with Gasteiger partial charge in [0.25, 0.3) is 11.6 Å². The number of aromatic amines is 1. The number of nitrogens with one attached hydrogen (secondary N) is 2. The van der Waals surface area contributed by atoms with Gasteiger partial charge in [0.2, 0.25) is 0 Å². The molecule has 3 aromatic rings. The molecule has 0 atom stereocenters. The summed E-state index contributed by atoms with van der Waals surface area (Å²) in [5.41, 5.74) is 1.39. The first-order valence-electron chi connectivity index (χ1n) is 8.78. The van der Waals surface area contributed by atoms with E-state index in [4.69, 9.17) is 0 Å². The smallest absolute Gasteiger partial charge is 0.274 e. The van der Waals surface area contributed by atoms with Crippen molar-refractivity contribution in [3.63, 3.8) is 0 Å². The number of aryl methyl sites for hydroxylation is 1. The summed E-state index contributed by atoms with van der Waals surface area (Å²) in [6, 6.07) is 12.2. The number of hydrogen-bond acceptors (Lipinski definition) is 3. The van der Waals surface area contributed by atoms with Crippen LogP contribution in [0, 0.1) is 17.0 Å². The van der Waals surface area contributed by atoms with Gasteiger partial charge in [-0.25, -0.2) is 4.39 Å². The van der Waals surface area contributed by atoms with Crippen molar-refractivity contribution in [3.05, 3.63) is 73.9 Å². The Morgan fingerprint density at radius 3 is 2.57 bits per heavy atom. The number of carbonyl (C=O) groups is 1. The van der Waals surface area contributed by atoms with Crippen LogP contribution in [0.1, 0.15) is 34.5 Å². The molecular weight excluding hydrogens is 429 g/mol. The van der Waals surface area contributed by atoms with Crippen LogP contribution < -0.4 is 5.32 Å². The van der Waals surface area contributed by atoms with E-state index in [9.17, 15) is 19.3 Å². The summed E-state index contributed by atoms with van der Waals surface area (Å²) in [5, 5.41) is 14.8. The van der Waals surface area contributed by atoms with Crippen molar-refractivity contribution in [1.29, 1.82) is 0 Å². The molecule has 0 saturated heterocycles. The van der Waals surface area contributed by atoms with Crippen molar-refractivity contribution in [2.75, 3.05) is 0 Å². The van der Waals surface area contributed by atoms with Crippen LogP contribution in [0.3, 0.4) is 0 Å². The van der Waals surface area contributed by atoms with Crippen LogP contribution in [0.2, 0.25) is 0 Å². The lowest BCUT2D eigenvalue weighted by molar-refractivity contribution is -0.385. The first kappa shape index (κ1) is 18.6. The first-order chi connectivity index (χ1) is 13.3. The number of hydrogen-bond donors (Lipinski definition) is 2. The maximum absolute atomic E-state index is 13.7. The minimum atomic E-state index is -0.962. The largest absolute Gasteiger partial charge is 0.350 e. The predicted octanol–water partition coefficient (Wildman–Crippen LogP) is 4.90. The lowest BCUT2D eigenvalue weighted by atomic mass is 9.70. The Morgan fingerprint density at radius 2 is 1.96 bits per heavy atom. The standard InChI is InChI=1S/C20H17BrFN3O3/c1-11-17(25(27)28)7-2-12-8-16(23-18(11)12)19(26)24-20(9-15(22)10-20)13-3-5-14(21)6-4-13/h2-8,15,23H,9-10H2,1H3,(H,24,26). The van der Waals surface area contributed by atoms with E-state index >= 15 is 0 Å². The highest BCUT2D eigenvalue weighted by atomic mass is 79.9. The van der Waals surface area contributed by atoms with Gasteiger partial charge < -0.3 is 10.3 Å². The zero-order valence-electron chi connectivity index (χ0n) is 15.0. The fourth-order valence-electron chi connectivity index (χ4n) is 3.81. The molecule has 1 saturated carbocycles. The van der Waals surface area contributed by atoms with Gasteiger partial charge in [-0.05, 0) is 36.8 Å². The zero-order chi connectivity index (χ0) is 20.1. The number of nitrogens with zero attached hydrogens (tertiary/aromatic N) is 1. The van der Waals surface area contributed by atoms with Crippen LogP contribution in [-0.2, 0) is 5.54 Å². The molecule has 2 N–H and O–H groups in total. The molecule has 28 heavy (non-hydrogen) atoms. The quantitative estimate of drug-likeness (QED) is 0.441. The summed E-state index contributed by atoms with van der Waals surface area (Å²) >= 11 is 3.38. The number of halogens is 2. The maximum atomic E-state index is 13.7. The molecule has 1 aliphatic carbocycles. The Labute approximate surface area is 168 Å². The molecule has 0 spiro atoms. The third kappa shape index (κ3) is 3.07. The van der Waals surface area contributed by atoms with Gasteiger partial charge in [0.15, 0.2) is 0 Å². The number of aromatic nitrogens is 1. The summed E-state index contributed by atoms with van der Waals surface area (Å²) in [7, 11) is 0. The minimum Gasteiger partial charge on any atom is -0.350 e. The molecule has 4 rings (SSSR count). The molecule has 6 nitrogen and oxygen atoms in total. The topological polar surface area (TPSA) is 88.0 Å². The summed E-state index contributed by atoms with van der Waals surface area (Å²) in [5.74, 6) is -0.368. The number of alkyl halides is 1. The lowest BCUT2D eigenvalue weighted by Gasteiger charge is -2.45. The van der Waals surface area contributed by atoms with Gasteiger partial charge in [-0.15, -0.1) is 0 Å². The van der Waals surface area contributed by atoms with E-state index in [1.54, 1.807) is 19.1 Å². The second kappa shape index (κ2) is 6.70. The van der Waals surface area contributed by atoms with Crippen molar-refractivity contribution in [3.8, 4) is 0 Å². The van der Waals surface area contributed by atoms with E-state index < -0.39 is 16.6 Å². The fraction of sp³-hybridized carbons (Fsp3) is 0.250. The number of benzene rings is 2. The summed E-state index contributed by atoms with van der Waals surface area (Å²) in [6.45, 7) is 1.64. The highest BCUT2D eigenvalue weighted by Crippen LogP contribution is 2.43. The van der Waals surface area contributed by atoms with E-state index in [0.29, 0.717) is 16.5 Å². The highest BCUT2D eigenvalue weighted by molar-refractivity contribution is 9.10. The zero-order valence-corrected chi connectivity index (χ0v) is 16.5. The van der Waals surface area contributed by atoms with Crippen LogP contribution in [0.5, 0.6) is 0 Å². The fourth-order valence-corrected chi connectivity index (χ4v) is 4.08. The Bertz CT molecular complexity index is 1090. The normalized spacial score (nSPS) is 21.3. The molecule has 0 bridgehead atoms. The number of amides is 1.